The molecule has 0 bridgehead atoms. The van der Waals surface area contributed by atoms with E-state index in [1.165, 1.54) is 12.0 Å². The summed E-state index contributed by atoms with van der Waals surface area (Å²) in [5, 5.41) is 14.0. The van der Waals surface area contributed by atoms with Gasteiger partial charge in [0.2, 0.25) is 5.91 Å². The Morgan fingerprint density at radius 1 is 1.30 bits per heavy atom. The van der Waals surface area contributed by atoms with E-state index >= 15 is 0 Å². The summed E-state index contributed by atoms with van der Waals surface area (Å²) in [5.74, 6) is 1.55. The number of aliphatic imine (C=N–C) groups is 1. The van der Waals surface area contributed by atoms with E-state index in [2.05, 4.69) is 44.7 Å². The Labute approximate surface area is 165 Å². The summed E-state index contributed by atoms with van der Waals surface area (Å²) in [5.41, 5.74) is 3.31. The molecule has 0 saturated heterocycles. The van der Waals surface area contributed by atoms with Gasteiger partial charge in [0.1, 0.15) is 0 Å². The average Bonchev–Trinajstić information content (AvgIpc) is 3.15. The molecule has 1 amide bonds. The monoisotopic (exact) mass is 384 g/mol. The quantitative estimate of drug-likeness (QED) is 0.500. The third-order valence-corrected chi connectivity index (χ3v) is 5.74. The topological polar surface area (TPSA) is 65.5 Å². The van der Waals surface area contributed by atoms with Crippen LogP contribution < -0.4 is 16.0 Å². The van der Waals surface area contributed by atoms with Crippen molar-refractivity contribution in [1.82, 2.24) is 10.6 Å². The summed E-state index contributed by atoms with van der Waals surface area (Å²) in [6.45, 7) is 3.68. The van der Waals surface area contributed by atoms with E-state index in [1.54, 1.807) is 18.4 Å². The van der Waals surface area contributed by atoms with Crippen LogP contribution in [0.2, 0.25) is 0 Å². The summed E-state index contributed by atoms with van der Waals surface area (Å²) >= 11 is 1.72. The average molecular weight is 385 g/mol. The molecular formula is C21H28N4OS. The molecule has 6 heteroatoms. The molecule has 3 rings (SSSR count). The highest BCUT2D eigenvalue weighted by molar-refractivity contribution is 7.07. The predicted molar refractivity (Wildman–Crippen MR) is 113 cm³/mol. The van der Waals surface area contributed by atoms with Gasteiger partial charge in [0.15, 0.2) is 5.96 Å². The molecule has 144 valence electrons. The molecule has 1 fully saturated rings. The first kappa shape index (κ1) is 19.4. The number of nitrogens with zero attached hydrogens (tertiary/aromatic N) is 1. The van der Waals surface area contributed by atoms with Crippen molar-refractivity contribution in [2.24, 2.45) is 10.9 Å². The maximum Gasteiger partial charge on any atom is 0.227 e. The number of anilines is 1. The van der Waals surface area contributed by atoms with Crippen LogP contribution >= 0.6 is 11.3 Å². The molecule has 3 N–H and O–H groups in total. The molecule has 1 unspecified atom stereocenters. The molecule has 2 aromatic rings. The van der Waals surface area contributed by atoms with Crippen LogP contribution in [0.15, 0.2) is 46.1 Å². The number of guanidine groups is 1. The Morgan fingerprint density at radius 2 is 2.15 bits per heavy atom. The molecule has 1 aliphatic carbocycles. The minimum absolute atomic E-state index is 0.145. The summed E-state index contributed by atoms with van der Waals surface area (Å²) in [4.78, 5) is 16.4. The van der Waals surface area contributed by atoms with Crippen molar-refractivity contribution in [3.05, 3.63) is 52.2 Å². The van der Waals surface area contributed by atoms with Gasteiger partial charge in [-0.2, -0.15) is 11.3 Å². The fraction of sp³-hybridized carbons (Fsp3) is 0.429. The molecule has 1 heterocycles. The summed E-state index contributed by atoms with van der Waals surface area (Å²) in [6.07, 6.45) is 3.19. The molecule has 1 aromatic heterocycles. The smallest absolute Gasteiger partial charge is 0.227 e. The van der Waals surface area contributed by atoms with Crippen LogP contribution in [-0.4, -0.2) is 25.5 Å². The van der Waals surface area contributed by atoms with Crippen LogP contribution in [0.4, 0.5) is 5.69 Å². The molecular weight excluding hydrogens is 356 g/mol. The lowest BCUT2D eigenvalue weighted by molar-refractivity contribution is -0.122. The van der Waals surface area contributed by atoms with Gasteiger partial charge in [-0.15, -0.1) is 0 Å². The van der Waals surface area contributed by atoms with Gasteiger partial charge in [-0.3, -0.25) is 9.79 Å². The highest BCUT2D eigenvalue weighted by atomic mass is 32.1. The lowest BCUT2D eigenvalue weighted by Crippen LogP contribution is -2.38. The molecule has 0 radical (unpaired) electrons. The van der Waals surface area contributed by atoms with Gasteiger partial charge in [-0.05, 0) is 58.8 Å². The van der Waals surface area contributed by atoms with Gasteiger partial charge in [0.25, 0.3) is 0 Å². The van der Waals surface area contributed by atoms with Gasteiger partial charge in [-0.1, -0.05) is 25.5 Å². The molecule has 1 aromatic carbocycles. The zero-order chi connectivity index (χ0) is 19.1. The van der Waals surface area contributed by atoms with E-state index in [1.807, 2.05) is 24.3 Å². The van der Waals surface area contributed by atoms with Crippen molar-refractivity contribution < 1.29 is 4.79 Å². The van der Waals surface area contributed by atoms with E-state index in [0.717, 1.165) is 36.6 Å². The number of carbonyl (C=O) groups excluding carboxylic acids is 1. The van der Waals surface area contributed by atoms with Crippen molar-refractivity contribution in [3.63, 3.8) is 0 Å². The van der Waals surface area contributed by atoms with E-state index < -0.39 is 0 Å². The van der Waals surface area contributed by atoms with Crippen molar-refractivity contribution in [1.29, 1.82) is 0 Å². The fourth-order valence-electron chi connectivity index (χ4n) is 3.00. The SMILES string of the molecule is CN=C(NCc1cccc(NC(=O)C2CCC2)c1)NCC(C)c1ccsc1. The maximum atomic E-state index is 12.1. The molecule has 1 aliphatic rings. The van der Waals surface area contributed by atoms with E-state index in [4.69, 9.17) is 0 Å². The standard InChI is InChI=1S/C21H28N4OS/c1-15(18-9-10-27-14-18)12-23-21(22-2)24-13-16-5-3-8-19(11-16)25-20(26)17-6-4-7-17/h3,5,8-11,14-15,17H,4,6-7,12-13H2,1-2H3,(H,25,26)(H2,22,23,24). The number of nitrogens with one attached hydrogen (secondary N) is 3. The van der Waals surface area contributed by atoms with Crippen LogP contribution in [0.1, 0.15) is 43.2 Å². The van der Waals surface area contributed by atoms with E-state index in [-0.39, 0.29) is 11.8 Å². The Bertz CT molecular complexity index is 768. The lowest BCUT2D eigenvalue weighted by Gasteiger charge is -2.24. The number of amides is 1. The number of hydrogen-bond donors (Lipinski definition) is 3. The first-order valence-corrected chi connectivity index (χ1v) is 10.5. The van der Waals surface area contributed by atoms with Crippen molar-refractivity contribution in [2.45, 2.75) is 38.6 Å². The number of thiophene rings is 1. The summed E-state index contributed by atoms with van der Waals surface area (Å²) in [7, 11) is 1.78. The maximum absolute atomic E-state index is 12.1. The molecule has 1 saturated carbocycles. The second kappa shape index (κ2) is 9.55. The summed E-state index contributed by atoms with van der Waals surface area (Å²) in [6, 6.07) is 10.1. The van der Waals surface area contributed by atoms with Crippen LogP contribution in [0.3, 0.4) is 0 Å². The highest BCUT2D eigenvalue weighted by Crippen LogP contribution is 2.27. The zero-order valence-corrected chi connectivity index (χ0v) is 16.8. The van der Waals surface area contributed by atoms with Gasteiger partial charge < -0.3 is 16.0 Å². The third-order valence-electron chi connectivity index (χ3n) is 5.04. The highest BCUT2D eigenvalue weighted by Gasteiger charge is 2.25. The molecule has 27 heavy (non-hydrogen) atoms. The molecule has 5 nitrogen and oxygen atoms in total. The predicted octanol–water partition coefficient (Wildman–Crippen LogP) is 3.96. The Kier molecular flexibility index (Phi) is 6.87. The fourth-order valence-corrected chi connectivity index (χ4v) is 3.79. The number of rotatable bonds is 7. The van der Waals surface area contributed by atoms with E-state index in [0.29, 0.717) is 12.5 Å². The van der Waals surface area contributed by atoms with Crippen LogP contribution in [0.5, 0.6) is 0 Å². The Hall–Kier alpha value is -2.34. The third kappa shape index (κ3) is 5.57. The Balaban J connectivity index is 1.47. The number of benzene rings is 1. The van der Waals surface area contributed by atoms with Gasteiger partial charge in [0.05, 0.1) is 0 Å². The molecule has 0 aliphatic heterocycles. The molecule has 0 spiro atoms. The van der Waals surface area contributed by atoms with Gasteiger partial charge in [-0.25, -0.2) is 0 Å². The first-order chi connectivity index (χ1) is 13.2. The zero-order valence-electron chi connectivity index (χ0n) is 16.0. The second-order valence-electron chi connectivity index (χ2n) is 7.08. The van der Waals surface area contributed by atoms with Crippen molar-refractivity contribution in [3.8, 4) is 0 Å². The minimum atomic E-state index is 0.145. The van der Waals surface area contributed by atoms with Crippen LogP contribution in [-0.2, 0) is 11.3 Å². The summed E-state index contributed by atoms with van der Waals surface area (Å²) < 4.78 is 0. The van der Waals surface area contributed by atoms with Crippen LogP contribution in [0.25, 0.3) is 0 Å². The number of hydrogen-bond acceptors (Lipinski definition) is 3. The van der Waals surface area contributed by atoms with Gasteiger partial charge >= 0.3 is 0 Å². The van der Waals surface area contributed by atoms with Crippen LogP contribution in [0, 0.1) is 5.92 Å². The largest absolute Gasteiger partial charge is 0.356 e. The second-order valence-corrected chi connectivity index (χ2v) is 7.86. The molecule has 1 atom stereocenters. The van der Waals surface area contributed by atoms with Gasteiger partial charge in [0, 0.05) is 31.7 Å². The van der Waals surface area contributed by atoms with Crippen molar-refractivity contribution >= 4 is 28.9 Å². The van der Waals surface area contributed by atoms with E-state index in [9.17, 15) is 4.79 Å². The minimum Gasteiger partial charge on any atom is -0.356 e. The number of carbonyl (C=O) groups is 1. The Morgan fingerprint density at radius 3 is 2.81 bits per heavy atom. The normalized spacial score (nSPS) is 15.7. The first-order valence-electron chi connectivity index (χ1n) is 9.52. The van der Waals surface area contributed by atoms with Crippen molar-refractivity contribution in [2.75, 3.05) is 18.9 Å². The lowest BCUT2D eigenvalue weighted by atomic mass is 9.85.